The molecule has 0 aliphatic heterocycles. The van der Waals surface area contributed by atoms with Gasteiger partial charge >= 0.3 is 0 Å². The zero-order chi connectivity index (χ0) is 17.8. The van der Waals surface area contributed by atoms with E-state index in [2.05, 4.69) is 22.4 Å². The Labute approximate surface area is 152 Å². The molecule has 1 aliphatic rings. The molecule has 134 valence electrons. The highest BCUT2D eigenvalue weighted by atomic mass is 32.1. The smallest absolute Gasteiger partial charge is 0.240 e. The minimum atomic E-state index is -0.0161. The number of hydrogen-bond acceptors (Lipinski definition) is 4. The van der Waals surface area contributed by atoms with E-state index < -0.39 is 0 Å². The lowest BCUT2D eigenvalue weighted by Gasteiger charge is -2.20. The maximum atomic E-state index is 12.5. The zero-order valence-electron chi connectivity index (χ0n) is 14.6. The minimum Gasteiger partial charge on any atom is -0.497 e. The summed E-state index contributed by atoms with van der Waals surface area (Å²) < 4.78 is 7.36. The first kappa shape index (κ1) is 17.7. The quantitative estimate of drug-likeness (QED) is 0.775. The molecule has 1 fully saturated rings. The van der Waals surface area contributed by atoms with Crippen molar-refractivity contribution in [3.8, 4) is 17.1 Å². The standard InChI is InChI=1S/C18H24N4O2S/c1-3-12-5-4-6-15(12)19-16(23)11-22-17(20-21-18(22)25)13-7-9-14(24-2)10-8-13/h7-10,12,15H,3-6,11H2,1-2H3,(H,19,23)(H,21,25)/t12-,15+/m0/s1. The molecule has 0 radical (unpaired) electrons. The van der Waals surface area contributed by atoms with Gasteiger partial charge in [0.15, 0.2) is 10.6 Å². The molecule has 0 saturated heterocycles. The molecule has 0 unspecified atom stereocenters. The van der Waals surface area contributed by atoms with Crippen LogP contribution < -0.4 is 10.1 Å². The minimum absolute atomic E-state index is 0.0161. The number of methoxy groups -OCH3 is 1. The molecule has 1 aromatic heterocycles. The van der Waals surface area contributed by atoms with Crippen LogP contribution in [0.1, 0.15) is 32.6 Å². The monoisotopic (exact) mass is 360 g/mol. The van der Waals surface area contributed by atoms with Crippen LogP contribution in [0.3, 0.4) is 0 Å². The van der Waals surface area contributed by atoms with Crippen molar-refractivity contribution in [1.29, 1.82) is 0 Å². The number of carbonyl (C=O) groups is 1. The molecule has 25 heavy (non-hydrogen) atoms. The molecule has 1 aromatic carbocycles. The van der Waals surface area contributed by atoms with Crippen LogP contribution >= 0.6 is 12.2 Å². The van der Waals surface area contributed by atoms with Crippen LogP contribution in [0.4, 0.5) is 0 Å². The summed E-state index contributed by atoms with van der Waals surface area (Å²) in [5, 5.41) is 10.2. The van der Waals surface area contributed by atoms with Gasteiger partial charge in [0, 0.05) is 11.6 Å². The van der Waals surface area contributed by atoms with Crippen LogP contribution in [0.2, 0.25) is 0 Å². The molecule has 1 saturated carbocycles. The number of rotatable bonds is 6. The maximum absolute atomic E-state index is 12.5. The van der Waals surface area contributed by atoms with Crippen LogP contribution in [0, 0.1) is 10.7 Å². The number of carbonyl (C=O) groups excluding carboxylic acids is 1. The lowest BCUT2D eigenvalue weighted by atomic mass is 10.0. The largest absolute Gasteiger partial charge is 0.497 e. The van der Waals surface area contributed by atoms with Gasteiger partial charge in [-0.3, -0.25) is 14.5 Å². The van der Waals surface area contributed by atoms with Crippen LogP contribution in [-0.4, -0.2) is 33.8 Å². The Morgan fingerprint density at radius 2 is 2.16 bits per heavy atom. The van der Waals surface area contributed by atoms with Crippen molar-refractivity contribution >= 4 is 18.1 Å². The molecule has 6 nitrogen and oxygen atoms in total. The van der Waals surface area contributed by atoms with Crippen LogP contribution in [-0.2, 0) is 11.3 Å². The number of nitrogens with zero attached hydrogens (tertiary/aromatic N) is 2. The fourth-order valence-electron chi connectivity index (χ4n) is 3.54. The second-order valence-electron chi connectivity index (χ2n) is 6.44. The van der Waals surface area contributed by atoms with Gasteiger partial charge in [-0.15, -0.1) is 0 Å². The summed E-state index contributed by atoms with van der Waals surface area (Å²) in [4.78, 5) is 12.5. The number of nitrogens with one attached hydrogen (secondary N) is 2. The van der Waals surface area contributed by atoms with E-state index in [0.29, 0.717) is 16.5 Å². The number of aromatic amines is 1. The van der Waals surface area contributed by atoms with E-state index in [0.717, 1.165) is 24.2 Å². The Bertz CT molecular complexity index is 781. The SMILES string of the molecule is CC[C@H]1CCC[C@H]1NC(=O)Cn1c(-c2ccc(OC)cc2)n[nH]c1=S. The number of hydrogen-bond donors (Lipinski definition) is 2. The van der Waals surface area contributed by atoms with Gasteiger partial charge in [0.25, 0.3) is 0 Å². The summed E-state index contributed by atoms with van der Waals surface area (Å²) in [6.07, 6.45) is 4.55. The summed E-state index contributed by atoms with van der Waals surface area (Å²) in [5.41, 5.74) is 0.883. The van der Waals surface area contributed by atoms with Crippen molar-refractivity contribution in [2.75, 3.05) is 7.11 Å². The zero-order valence-corrected chi connectivity index (χ0v) is 15.4. The third-order valence-electron chi connectivity index (χ3n) is 4.94. The van der Waals surface area contributed by atoms with Crippen molar-refractivity contribution in [2.24, 2.45) is 5.92 Å². The first-order chi connectivity index (χ1) is 12.1. The second-order valence-corrected chi connectivity index (χ2v) is 6.83. The fraction of sp³-hybridized carbons (Fsp3) is 0.500. The van der Waals surface area contributed by atoms with Crippen LogP contribution in [0.25, 0.3) is 11.4 Å². The van der Waals surface area contributed by atoms with Crippen molar-refractivity contribution in [2.45, 2.75) is 45.2 Å². The molecule has 0 spiro atoms. The Morgan fingerprint density at radius 1 is 1.40 bits per heavy atom. The third-order valence-corrected chi connectivity index (χ3v) is 5.25. The molecule has 1 amide bonds. The summed E-state index contributed by atoms with van der Waals surface area (Å²) >= 11 is 5.31. The normalized spacial score (nSPS) is 19.8. The van der Waals surface area contributed by atoms with Crippen molar-refractivity contribution < 1.29 is 9.53 Å². The first-order valence-electron chi connectivity index (χ1n) is 8.71. The van der Waals surface area contributed by atoms with Crippen LogP contribution in [0.15, 0.2) is 24.3 Å². The Balaban J connectivity index is 1.75. The molecule has 1 aliphatic carbocycles. The summed E-state index contributed by atoms with van der Waals surface area (Å²) in [7, 11) is 1.63. The fourth-order valence-corrected chi connectivity index (χ4v) is 3.73. The molecule has 2 aromatic rings. The topological polar surface area (TPSA) is 71.9 Å². The average molecular weight is 360 g/mol. The van der Waals surface area contributed by atoms with Gasteiger partial charge < -0.3 is 10.1 Å². The summed E-state index contributed by atoms with van der Waals surface area (Å²) in [6.45, 7) is 2.35. The van der Waals surface area contributed by atoms with Gasteiger partial charge in [-0.1, -0.05) is 19.8 Å². The summed E-state index contributed by atoms with van der Waals surface area (Å²) in [5.74, 6) is 2.00. The maximum Gasteiger partial charge on any atom is 0.240 e. The molecule has 7 heteroatoms. The predicted octanol–water partition coefficient (Wildman–Crippen LogP) is 3.31. The van der Waals surface area contributed by atoms with Crippen molar-refractivity contribution in [3.05, 3.63) is 29.0 Å². The van der Waals surface area contributed by atoms with Crippen molar-refractivity contribution in [3.63, 3.8) is 0 Å². The number of aromatic nitrogens is 3. The van der Waals surface area contributed by atoms with Gasteiger partial charge in [0.05, 0.1) is 7.11 Å². The number of amides is 1. The highest BCUT2D eigenvalue weighted by molar-refractivity contribution is 7.71. The van der Waals surface area contributed by atoms with E-state index in [1.165, 1.54) is 12.8 Å². The first-order valence-corrected chi connectivity index (χ1v) is 9.12. The summed E-state index contributed by atoms with van der Waals surface area (Å²) in [6, 6.07) is 7.82. The lowest BCUT2D eigenvalue weighted by Crippen LogP contribution is -2.39. The van der Waals surface area contributed by atoms with Crippen molar-refractivity contribution in [1.82, 2.24) is 20.1 Å². The third kappa shape index (κ3) is 3.92. The highest BCUT2D eigenvalue weighted by Crippen LogP contribution is 2.28. The van der Waals surface area contributed by atoms with Gasteiger partial charge in [-0.05, 0) is 55.2 Å². The Kier molecular flexibility index (Phi) is 5.53. The van der Waals surface area contributed by atoms with Gasteiger partial charge in [0.1, 0.15) is 12.3 Å². The average Bonchev–Trinajstić information content (AvgIpc) is 3.22. The number of ether oxygens (including phenoxy) is 1. The molecule has 2 N–H and O–H groups in total. The molecular formula is C18H24N4O2S. The molecule has 2 atom stereocenters. The van der Waals surface area contributed by atoms with Gasteiger partial charge in [-0.2, -0.15) is 5.10 Å². The van der Waals surface area contributed by atoms with E-state index >= 15 is 0 Å². The van der Waals surface area contributed by atoms with Gasteiger partial charge in [-0.25, -0.2) is 0 Å². The molecule has 0 bridgehead atoms. The van der Waals surface area contributed by atoms with E-state index in [4.69, 9.17) is 17.0 Å². The second kappa shape index (κ2) is 7.82. The van der Waals surface area contributed by atoms with E-state index in [1.807, 2.05) is 24.3 Å². The predicted molar refractivity (Wildman–Crippen MR) is 99.0 cm³/mol. The number of H-pyrrole nitrogens is 1. The van der Waals surface area contributed by atoms with Gasteiger partial charge in [0.2, 0.25) is 5.91 Å². The molecule has 3 rings (SSSR count). The highest BCUT2D eigenvalue weighted by Gasteiger charge is 2.27. The van der Waals surface area contributed by atoms with E-state index in [-0.39, 0.29) is 18.5 Å². The van der Waals surface area contributed by atoms with E-state index in [1.54, 1.807) is 11.7 Å². The van der Waals surface area contributed by atoms with E-state index in [9.17, 15) is 4.79 Å². The molecule has 1 heterocycles. The van der Waals surface area contributed by atoms with Crippen LogP contribution in [0.5, 0.6) is 5.75 Å². The molecular weight excluding hydrogens is 336 g/mol. The Morgan fingerprint density at radius 3 is 2.84 bits per heavy atom. The lowest BCUT2D eigenvalue weighted by molar-refractivity contribution is -0.122. The Hall–Kier alpha value is -2.15. The number of benzene rings is 1.